The third kappa shape index (κ3) is 2.94. The van der Waals surface area contributed by atoms with Crippen molar-refractivity contribution < 1.29 is 17.9 Å². The lowest BCUT2D eigenvalue weighted by atomic mass is 9.79. The second-order valence-electron chi connectivity index (χ2n) is 8.34. The van der Waals surface area contributed by atoms with E-state index in [-0.39, 0.29) is 23.3 Å². The van der Waals surface area contributed by atoms with E-state index in [1.807, 2.05) is 6.20 Å². The standard InChI is InChI=1S/C20H25N3O4S/c24-19(23-6-8-28(25,26)9-7-23)20-13-22(11-17(20)12-27-14-20)10-16-3-1-2-15-4-5-21-18(15)16/h1-5,17,21H,6-14H2/t17-,20-/m1/s1. The second kappa shape index (κ2) is 6.57. The average Bonchev–Trinajstić information content (AvgIpc) is 3.35. The number of carbonyl (C=O) groups is 1. The molecule has 0 spiro atoms. The van der Waals surface area contributed by atoms with Gasteiger partial charge in [-0.05, 0) is 17.0 Å². The van der Waals surface area contributed by atoms with Crippen LogP contribution in [-0.2, 0) is 25.9 Å². The Hall–Kier alpha value is -1.90. The summed E-state index contributed by atoms with van der Waals surface area (Å²) < 4.78 is 29.2. The second-order valence-corrected chi connectivity index (χ2v) is 10.6. The molecule has 8 heteroatoms. The first-order valence-electron chi connectivity index (χ1n) is 9.82. The van der Waals surface area contributed by atoms with Crippen LogP contribution in [0.4, 0.5) is 0 Å². The summed E-state index contributed by atoms with van der Waals surface area (Å²) in [6, 6.07) is 8.37. The van der Waals surface area contributed by atoms with Gasteiger partial charge in [-0.1, -0.05) is 18.2 Å². The maximum atomic E-state index is 13.4. The number of aromatic nitrogens is 1. The molecule has 1 amide bonds. The fraction of sp³-hybridized carbons (Fsp3) is 0.550. The van der Waals surface area contributed by atoms with Gasteiger partial charge in [0.15, 0.2) is 9.84 Å². The molecule has 1 N–H and O–H groups in total. The Bertz CT molecular complexity index is 1000. The van der Waals surface area contributed by atoms with Gasteiger partial charge in [-0.25, -0.2) is 8.42 Å². The number of H-pyrrole nitrogens is 1. The van der Waals surface area contributed by atoms with E-state index in [1.165, 1.54) is 10.9 Å². The van der Waals surface area contributed by atoms with Crippen molar-refractivity contribution in [3.8, 4) is 0 Å². The Balaban J connectivity index is 1.35. The summed E-state index contributed by atoms with van der Waals surface area (Å²) in [6.07, 6.45) is 1.95. The molecule has 0 radical (unpaired) electrons. The number of rotatable bonds is 3. The maximum absolute atomic E-state index is 13.4. The molecule has 0 aliphatic carbocycles. The molecular formula is C20H25N3O4S. The molecule has 0 unspecified atom stereocenters. The van der Waals surface area contributed by atoms with E-state index >= 15 is 0 Å². The van der Waals surface area contributed by atoms with Crippen molar-refractivity contribution in [2.75, 3.05) is 50.9 Å². The van der Waals surface area contributed by atoms with Crippen molar-refractivity contribution in [3.05, 3.63) is 36.0 Å². The number of nitrogens with zero attached hydrogens (tertiary/aromatic N) is 2. The summed E-state index contributed by atoms with van der Waals surface area (Å²) in [5.74, 6) is 0.379. The van der Waals surface area contributed by atoms with Crippen LogP contribution in [0.5, 0.6) is 0 Å². The highest BCUT2D eigenvalue weighted by Gasteiger charge is 2.57. The molecule has 0 saturated carbocycles. The number of nitrogens with one attached hydrogen (secondary N) is 1. The number of hydrogen-bond donors (Lipinski definition) is 1. The minimum atomic E-state index is -3.00. The Morgan fingerprint density at radius 2 is 2.07 bits per heavy atom. The summed E-state index contributed by atoms with van der Waals surface area (Å²) in [5.41, 5.74) is 1.84. The molecule has 2 atom stereocenters. The molecule has 2 aromatic rings. The van der Waals surface area contributed by atoms with E-state index in [2.05, 4.69) is 34.1 Å². The van der Waals surface area contributed by atoms with E-state index in [1.54, 1.807) is 4.90 Å². The largest absolute Gasteiger partial charge is 0.380 e. The third-order valence-electron chi connectivity index (χ3n) is 6.57. The number of ether oxygens (including phenoxy) is 1. The van der Waals surface area contributed by atoms with Gasteiger partial charge >= 0.3 is 0 Å². The van der Waals surface area contributed by atoms with Crippen LogP contribution in [-0.4, -0.2) is 80.0 Å². The minimum absolute atomic E-state index is 0.0683. The van der Waals surface area contributed by atoms with Crippen molar-refractivity contribution in [2.24, 2.45) is 11.3 Å². The monoisotopic (exact) mass is 403 g/mol. The molecule has 3 aliphatic rings. The summed E-state index contributed by atoms with van der Waals surface area (Å²) in [6.45, 7) is 3.92. The van der Waals surface area contributed by atoms with Gasteiger partial charge < -0.3 is 14.6 Å². The third-order valence-corrected chi connectivity index (χ3v) is 8.18. The molecule has 4 heterocycles. The van der Waals surface area contributed by atoms with Crippen LogP contribution in [0.3, 0.4) is 0 Å². The number of sulfone groups is 1. The van der Waals surface area contributed by atoms with Gasteiger partial charge in [-0.15, -0.1) is 0 Å². The molecule has 3 aliphatic heterocycles. The molecule has 5 rings (SSSR count). The van der Waals surface area contributed by atoms with Crippen LogP contribution in [0.15, 0.2) is 30.5 Å². The van der Waals surface area contributed by atoms with Gasteiger partial charge in [0.05, 0.1) is 30.1 Å². The summed E-state index contributed by atoms with van der Waals surface area (Å²) in [4.78, 5) is 20.8. The molecule has 0 bridgehead atoms. The molecule has 150 valence electrons. The number of amides is 1. The van der Waals surface area contributed by atoms with Crippen LogP contribution in [0, 0.1) is 11.3 Å². The Morgan fingerprint density at radius 3 is 2.89 bits per heavy atom. The number of fused-ring (bicyclic) bond motifs is 2. The molecule has 3 fully saturated rings. The van der Waals surface area contributed by atoms with Crippen molar-refractivity contribution in [1.29, 1.82) is 0 Å². The van der Waals surface area contributed by atoms with Crippen molar-refractivity contribution in [3.63, 3.8) is 0 Å². The first-order chi connectivity index (χ1) is 13.5. The predicted octanol–water partition coefficient (Wildman–Crippen LogP) is 0.873. The average molecular weight is 404 g/mol. The highest BCUT2D eigenvalue weighted by Crippen LogP contribution is 2.43. The van der Waals surface area contributed by atoms with Crippen LogP contribution in [0.1, 0.15) is 5.56 Å². The van der Waals surface area contributed by atoms with Crippen LogP contribution >= 0.6 is 0 Å². The van der Waals surface area contributed by atoms with Gasteiger partial charge in [-0.3, -0.25) is 9.69 Å². The highest BCUT2D eigenvalue weighted by molar-refractivity contribution is 7.91. The van der Waals surface area contributed by atoms with E-state index < -0.39 is 15.3 Å². The number of para-hydroxylation sites is 1. The van der Waals surface area contributed by atoms with E-state index in [0.717, 1.165) is 18.6 Å². The lowest BCUT2D eigenvalue weighted by molar-refractivity contribution is -0.142. The summed E-state index contributed by atoms with van der Waals surface area (Å²) in [7, 11) is -3.00. The number of aromatic amines is 1. The topological polar surface area (TPSA) is 82.7 Å². The van der Waals surface area contributed by atoms with Crippen LogP contribution in [0.25, 0.3) is 10.9 Å². The Kier molecular flexibility index (Phi) is 4.26. The maximum Gasteiger partial charge on any atom is 0.232 e. The van der Waals surface area contributed by atoms with Gasteiger partial charge in [0.1, 0.15) is 0 Å². The van der Waals surface area contributed by atoms with E-state index in [0.29, 0.717) is 32.8 Å². The first kappa shape index (κ1) is 18.1. The first-order valence-corrected chi connectivity index (χ1v) is 11.6. The fourth-order valence-electron chi connectivity index (χ4n) is 5.02. The fourth-order valence-corrected chi connectivity index (χ4v) is 6.22. The molecule has 1 aromatic heterocycles. The van der Waals surface area contributed by atoms with E-state index in [9.17, 15) is 13.2 Å². The van der Waals surface area contributed by atoms with Crippen molar-refractivity contribution in [2.45, 2.75) is 6.54 Å². The van der Waals surface area contributed by atoms with E-state index in [4.69, 9.17) is 4.74 Å². The highest BCUT2D eigenvalue weighted by atomic mass is 32.2. The number of hydrogen-bond acceptors (Lipinski definition) is 5. The number of likely N-dealkylation sites (tertiary alicyclic amines) is 1. The quantitative estimate of drug-likeness (QED) is 0.823. The minimum Gasteiger partial charge on any atom is -0.380 e. The van der Waals surface area contributed by atoms with Gasteiger partial charge in [0.25, 0.3) is 0 Å². The zero-order valence-corrected chi connectivity index (χ0v) is 16.6. The van der Waals surface area contributed by atoms with Crippen molar-refractivity contribution >= 4 is 26.6 Å². The SMILES string of the molecule is O=C(N1CCS(=O)(=O)CC1)[C@]12COC[C@H]1CN(Cc1cccc3cc[nH]c13)C2. The Morgan fingerprint density at radius 1 is 1.25 bits per heavy atom. The van der Waals surface area contributed by atoms with Crippen molar-refractivity contribution in [1.82, 2.24) is 14.8 Å². The molecular weight excluding hydrogens is 378 g/mol. The van der Waals surface area contributed by atoms with Gasteiger partial charge in [-0.2, -0.15) is 0 Å². The number of carbonyl (C=O) groups excluding carboxylic acids is 1. The lowest BCUT2D eigenvalue weighted by Crippen LogP contribution is -2.53. The summed E-state index contributed by atoms with van der Waals surface area (Å²) >= 11 is 0. The number of benzene rings is 1. The zero-order chi connectivity index (χ0) is 19.4. The summed E-state index contributed by atoms with van der Waals surface area (Å²) in [5, 5.41) is 1.19. The molecule has 7 nitrogen and oxygen atoms in total. The molecule has 28 heavy (non-hydrogen) atoms. The molecule has 1 aromatic carbocycles. The lowest BCUT2D eigenvalue weighted by Gasteiger charge is -2.35. The normalized spacial score (nSPS) is 30.0. The molecule has 3 saturated heterocycles. The smallest absolute Gasteiger partial charge is 0.232 e. The predicted molar refractivity (Wildman–Crippen MR) is 106 cm³/mol. The van der Waals surface area contributed by atoms with Gasteiger partial charge in [0.2, 0.25) is 5.91 Å². The van der Waals surface area contributed by atoms with Gasteiger partial charge in [0, 0.05) is 50.4 Å². The Labute approximate surface area is 164 Å². The zero-order valence-electron chi connectivity index (χ0n) is 15.8. The van der Waals surface area contributed by atoms with Crippen LogP contribution < -0.4 is 0 Å². The van der Waals surface area contributed by atoms with Crippen LogP contribution in [0.2, 0.25) is 0 Å².